The number of carboxylic acids is 1. The summed E-state index contributed by atoms with van der Waals surface area (Å²) in [5.74, 6) is -1.01. The van der Waals surface area contributed by atoms with E-state index in [1.165, 1.54) is 24.2 Å². The van der Waals surface area contributed by atoms with Crippen molar-refractivity contribution in [3.8, 4) is 0 Å². The van der Waals surface area contributed by atoms with E-state index in [-0.39, 0.29) is 5.91 Å². The van der Waals surface area contributed by atoms with E-state index in [0.717, 1.165) is 49.3 Å². The van der Waals surface area contributed by atoms with Gasteiger partial charge in [-0.3, -0.25) is 4.79 Å². The number of carboxylic acid groups (broad SMARTS) is 1. The smallest absolute Gasteiger partial charge is 0.339 e. The van der Waals surface area contributed by atoms with Crippen LogP contribution in [0.5, 0.6) is 0 Å². The summed E-state index contributed by atoms with van der Waals surface area (Å²) in [5.41, 5.74) is 1.25. The van der Waals surface area contributed by atoms with Crippen molar-refractivity contribution in [1.29, 1.82) is 0 Å². The molecule has 2 aliphatic rings. The van der Waals surface area contributed by atoms with E-state index in [0.29, 0.717) is 17.0 Å². The van der Waals surface area contributed by atoms with Gasteiger partial charge in [0, 0.05) is 17.8 Å². The van der Waals surface area contributed by atoms with Crippen LogP contribution in [-0.2, 0) is 17.6 Å². The van der Waals surface area contributed by atoms with E-state index in [4.69, 9.17) is 0 Å². The maximum atomic E-state index is 12.0. The molecule has 2 N–H and O–H groups in total. The lowest BCUT2D eigenvalue weighted by Crippen LogP contribution is -2.25. The number of anilines is 1. The number of carbonyl (C=O) groups is 2. The maximum Gasteiger partial charge on any atom is 0.339 e. The second kappa shape index (κ2) is 6.15. The molecular formula is C15H20N2O3S. The summed E-state index contributed by atoms with van der Waals surface area (Å²) in [5, 5.41) is 12.7. The standard InChI is InChI=1S/C15H20N2O3S/c18-12(6-9-17-7-1-2-8-17)16-14-13(15(19)20)10-4-3-5-11(10)21-14/h1-9H2,(H,16,18)(H,19,20). The van der Waals surface area contributed by atoms with Crippen LogP contribution in [0.3, 0.4) is 0 Å². The first kappa shape index (κ1) is 14.5. The molecule has 0 radical (unpaired) electrons. The van der Waals surface area contributed by atoms with Crippen molar-refractivity contribution >= 4 is 28.2 Å². The van der Waals surface area contributed by atoms with Gasteiger partial charge in [-0.2, -0.15) is 0 Å². The molecule has 1 aliphatic carbocycles. The monoisotopic (exact) mass is 308 g/mol. The molecule has 0 spiro atoms. The van der Waals surface area contributed by atoms with E-state index < -0.39 is 5.97 Å². The van der Waals surface area contributed by atoms with Crippen LogP contribution in [0.2, 0.25) is 0 Å². The fourth-order valence-electron chi connectivity index (χ4n) is 3.17. The van der Waals surface area contributed by atoms with Crippen LogP contribution in [0, 0.1) is 0 Å². The Morgan fingerprint density at radius 2 is 1.95 bits per heavy atom. The first-order chi connectivity index (χ1) is 10.1. The number of aromatic carboxylic acids is 1. The van der Waals surface area contributed by atoms with Gasteiger partial charge in [-0.15, -0.1) is 11.3 Å². The SMILES string of the molecule is O=C(CCN1CCCC1)Nc1sc2c(c1C(=O)O)CCC2. The first-order valence-electron chi connectivity index (χ1n) is 7.55. The summed E-state index contributed by atoms with van der Waals surface area (Å²) in [7, 11) is 0. The van der Waals surface area contributed by atoms with Crippen LogP contribution < -0.4 is 5.32 Å². The number of fused-ring (bicyclic) bond motifs is 1. The van der Waals surface area contributed by atoms with Crippen molar-refractivity contribution in [3.63, 3.8) is 0 Å². The normalized spacial score (nSPS) is 17.9. The fourth-order valence-corrected chi connectivity index (χ4v) is 4.47. The minimum Gasteiger partial charge on any atom is -0.478 e. The van der Waals surface area contributed by atoms with Crippen LogP contribution in [0.25, 0.3) is 0 Å². The van der Waals surface area contributed by atoms with E-state index in [1.54, 1.807) is 0 Å². The second-order valence-corrected chi connectivity index (χ2v) is 6.82. The lowest BCUT2D eigenvalue weighted by molar-refractivity contribution is -0.116. The number of nitrogens with zero attached hydrogens (tertiary/aromatic N) is 1. The van der Waals surface area contributed by atoms with Gasteiger partial charge >= 0.3 is 5.97 Å². The lowest BCUT2D eigenvalue weighted by atomic mass is 10.1. The van der Waals surface area contributed by atoms with Crippen molar-refractivity contribution in [2.45, 2.75) is 38.5 Å². The Labute approximate surface area is 128 Å². The molecule has 0 bridgehead atoms. The molecule has 2 heterocycles. The quantitative estimate of drug-likeness (QED) is 0.876. The molecule has 5 nitrogen and oxygen atoms in total. The van der Waals surface area contributed by atoms with Crippen LogP contribution in [0.4, 0.5) is 5.00 Å². The Balaban J connectivity index is 1.64. The predicted octanol–water partition coefficient (Wildman–Crippen LogP) is 2.36. The summed E-state index contributed by atoms with van der Waals surface area (Å²) in [6, 6.07) is 0. The van der Waals surface area contributed by atoms with Gasteiger partial charge in [0.2, 0.25) is 5.91 Å². The minimum absolute atomic E-state index is 0.0793. The molecule has 1 aromatic heterocycles. The molecule has 0 saturated carbocycles. The minimum atomic E-state index is -0.927. The summed E-state index contributed by atoms with van der Waals surface area (Å²) in [6.45, 7) is 2.90. The third-order valence-electron chi connectivity index (χ3n) is 4.24. The maximum absolute atomic E-state index is 12.0. The molecule has 0 unspecified atom stereocenters. The molecule has 114 valence electrons. The molecule has 1 amide bonds. The van der Waals surface area contributed by atoms with Gasteiger partial charge in [0.05, 0.1) is 5.56 Å². The Hall–Kier alpha value is -1.40. The Bertz CT molecular complexity index is 562. The fraction of sp³-hybridized carbons (Fsp3) is 0.600. The second-order valence-electron chi connectivity index (χ2n) is 5.71. The molecule has 21 heavy (non-hydrogen) atoms. The largest absolute Gasteiger partial charge is 0.478 e. The molecule has 6 heteroatoms. The Morgan fingerprint density at radius 3 is 2.67 bits per heavy atom. The predicted molar refractivity (Wildman–Crippen MR) is 82.2 cm³/mol. The van der Waals surface area contributed by atoms with Crippen LogP contribution >= 0.6 is 11.3 Å². The van der Waals surface area contributed by atoms with Crippen molar-refractivity contribution < 1.29 is 14.7 Å². The number of nitrogens with one attached hydrogen (secondary N) is 1. The van der Waals surface area contributed by atoms with Gasteiger partial charge in [-0.1, -0.05) is 0 Å². The molecule has 1 aliphatic heterocycles. The van der Waals surface area contributed by atoms with Gasteiger partial charge in [-0.25, -0.2) is 4.79 Å². The van der Waals surface area contributed by atoms with Gasteiger partial charge in [0.15, 0.2) is 0 Å². The number of likely N-dealkylation sites (tertiary alicyclic amines) is 1. The Morgan fingerprint density at radius 1 is 1.19 bits per heavy atom. The van der Waals surface area contributed by atoms with E-state index in [2.05, 4.69) is 10.2 Å². The first-order valence-corrected chi connectivity index (χ1v) is 8.37. The number of hydrogen-bond acceptors (Lipinski definition) is 4. The number of aryl methyl sites for hydroxylation is 1. The van der Waals surface area contributed by atoms with Crippen LogP contribution in [0.1, 0.15) is 46.5 Å². The molecule has 1 fully saturated rings. The number of carbonyl (C=O) groups excluding carboxylic acids is 1. The highest BCUT2D eigenvalue weighted by molar-refractivity contribution is 7.17. The van der Waals surface area contributed by atoms with Gasteiger partial charge in [-0.05, 0) is 50.8 Å². The topological polar surface area (TPSA) is 69.6 Å². The summed E-state index contributed by atoms with van der Waals surface area (Å²) < 4.78 is 0. The molecule has 1 aromatic rings. The average Bonchev–Trinajstić information content (AvgIpc) is 3.11. The highest BCUT2D eigenvalue weighted by Crippen LogP contribution is 2.39. The number of rotatable bonds is 5. The van der Waals surface area contributed by atoms with Crippen LogP contribution in [0.15, 0.2) is 0 Å². The highest BCUT2D eigenvalue weighted by Gasteiger charge is 2.27. The van der Waals surface area contributed by atoms with E-state index in [1.807, 2.05) is 0 Å². The average molecular weight is 308 g/mol. The molecular weight excluding hydrogens is 288 g/mol. The van der Waals surface area contributed by atoms with Gasteiger partial charge < -0.3 is 15.3 Å². The Kier molecular flexibility index (Phi) is 4.26. The lowest BCUT2D eigenvalue weighted by Gasteiger charge is -2.13. The van der Waals surface area contributed by atoms with Crippen molar-refractivity contribution in [3.05, 3.63) is 16.0 Å². The molecule has 0 aromatic carbocycles. The third kappa shape index (κ3) is 3.11. The summed E-state index contributed by atoms with van der Waals surface area (Å²) >= 11 is 1.44. The molecule has 1 saturated heterocycles. The summed E-state index contributed by atoms with van der Waals surface area (Å²) in [6.07, 6.45) is 5.62. The molecule has 3 rings (SSSR count). The highest BCUT2D eigenvalue weighted by atomic mass is 32.1. The zero-order chi connectivity index (χ0) is 14.8. The number of amides is 1. The van der Waals surface area contributed by atoms with Crippen molar-refractivity contribution in [1.82, 2.24) is 4.90 Å². The number of hydrogen-bond donors (Lipinski definition) is 2. The van der Waals surface area contributed by atoms with Crippen molar-refractivity contribution in [2.75, 3.05) is 25.0 Å². The van der Waals surface area contributed by atoms with Gasteiger partial charge in [0.25, 0.3) is 0 Å². The zero-order valence-electron chi connectivity index (χ0n) is 12.0. The number of thiophene rings is 1. The van der Waals surface area contributed by atoms with E-state index >= 15 is 0 Å². The zero-order valence-corrected chi connectivity index (χ0v) is 12.8. The van der Waals surface area contributed by atoms with Crippen LogP contribution in [-0.4, -0.2) is 41.5 Å². The third-order valence-corrected chi connectivity index (χ3v) is 5.45. The molecule has 0 atom stereocenters. The summed E-state index contributed by atoms with van der Waals surface area (Å²) in [4.78, 5) is 26.9. The van der Waals surface area contributed by atoms with Crippen molar-refractivity contribution in [2.24, 2.45) is 0 Å². The van der Waals surface area contributed by atoms with Gasteiger partial charge in [0.1, 0.15) is 5.00 Å². The van der Waals surface area contributed by atoms with E-state index in [9.17, 15) is 14.7 Å².